The second-order valence-corrected chi connectivity index (χ2v) is 7.96. The average Bonchev–Trinajstić information content (AvgIpc) is 3.36. The molecular formula is C26H22N4O2. The Kier molecular flexibility index (Phi) is 4.82. The summed E-state index contributed by atoms with van der Waals surface area (Å²) in [5.41, 5.74) is 3.02. The minimum atomic E-state index is -1.10. The number of urea groups is 1. The van der Waals surface area contributed by atoms with Crippen molar-refractivity contribution < 1.29 is 9.59 Å². The zero-order valence-corrected chi connectivity index (χ0v) is 17.6. The van der Waals surface area contributed by atoms with Gasteiger partial charge in [-0.1, -0.05) is 78.9 Å². The van der Waals surface area contributed by atoms with E-state index in [9.17, 15) is 9.59 Å². The number of nitrogens with zero attached hydrogens (tertiary/aromatic N) is 3. The van der Waals surface area contributed by atoms with Crippen molar-refractivity contribution >= 4 is 11.9 Å². The van der Waals surface area contributed by atoms with Crippen LogP contribution in [0.2, 0.25) is 0 Å². The number of hydrogen-bond donors (Lipinski definition) is 1. The Labute approximate surface area is 186 Å². The monoisotopic (exact) mass is 422 g/mol. The molecule has 0 unspecified atom stereocenters. The van der Waals surface area contributed by atoms with Crippen molar-refractivity contribution in [2.45, 2.75) is 19.0 Å². The van der Waals surface area contributed by atoms with E-state index in [4.69, 9.17) is 5.10 Å². The maximum atomic E-state index is 13.4. The standard InChI is InChI=1S/C26H22N4O2/c1-26(21-13-7-3-8-14-21)24(31)29(25(32)27-26)17-20-18-30(22-15-9-4-10-16-22)28-23(20)19-11-5-2-6-12-19/h2-16,18H,17H2,1H3,(H,27,32)/t26-/m1/s1. The normalized spacial score (nSPS) is 18.1. The Bertz CT molecular complexity index is 1270. The Balaban J connectivity index is 1.53. The highest BCUT2D eigenvalue weighted by atomic mass is 16.2. The minimum absolute atomic E-state index is 0.129. The van der Waals surface area contributed by atoms with Gasteiger partial charge in [0.25, 0.3) is 5.91 Å². The van der Waals surface area contributed by atoms with E-state index < -0.39 is 11.6 Å². The van der Waals surface area contributed by atoms with Gasteiger partial charge < -0.3 is 5.32 Å². The highest BCUT2D eigenvalue weighted by Gasteiger charge is 2.49. The van der Waals surface area contributed by atoms with Crippen LogP contribution in [0.25, 0.3) is 16.9 Å². The fourth-order valence-electron chi connectivity index (χ4n) is 4.06. The molecule has 0 saturated carbocycles. The number of aromatic nitrogens is 2. The molecule has 0 aliphatic carbocycles. The van der Waals surface area contributed by atoms with Gasteiger partial charge in [-0.15, -0.1) is 0 Å². The Morgan fingerprint density at radius 3 is 2.09 bits per heavy atom. The number of carbonyl (C=O) groups excluding carboxylic acids is 2. The first-order valence-corrected chi connectivity index (χ1v) is 10.5. The molecule has 2 heterocycles. The van der Waals surface area contributed by atoms with Crippen LogP contribution in [-0.4, -0.2) is 26.6 Å². The van der Waals surface area contributed by atoms with E-state index in [0.29, 0.717) is 0 Å². The quantitative estimate of drug-likeness (QED) is 0.482. The summed E-state index contributed by atoms with van der Waals surface area (Å²) in [5.74, 6) is -0.278. The molecular weight excluding hydrogens is 400 g/mol. The van der Waals surface area contributed by atoms with Crippen LogP contribution in [0.5, 0.6) is 0 Å². The van der Waals surface area contributed by atoms with Crippen molar-refractivity contribution in [2.75, 3.05) is 0 Å². The Morgan fingerprint density at radius 1 is 0.844 bits per heavy atom. The topological polar surface area (TPSA) is 67.2 Å². The molecule has 1 fully saturated rings. The number of amides is 3. The molecule has 1 atom stereocenters. The molecule has 32 heavy (non-hydrogen) atoms. The maximum absolute atomic E-state index is 13.4. The predicted octanol–water partition coefficient (Wildman–Crippen LogP) is 4.51. The van der Waals surface area contributed by atoms with E-state index in [1.165, 1.54) is 4.90 Å². The van der Waals surface area contributed by atoms with Crippen molar-refractivity contribution in [3.63, 3.8) is 0 Å². The lowest BCUT2D eigenvalue weighted by molar-refractivity contribution is -0.131. The molecule has 4 aromatic rings. The number of rotatable bonds is 5. The first kappa shape index (κ1) is 19.8. The van der Waals surface area contributed by atoms with Crippen LogP contribution in [0.15, 0.2) is 97.2 Å². The summed E-state index contributed by atoms with van der Waals surface area (Å²) in [7, 11) is 0. The van der Waals surface area contributed by atoms with Crippen LogP contribution in [0.1, 0.15) is 18.1 Å². The number of nitrogens with one attached hydrogen (secondary N) is 1. The Hall–Kier alpha value is -4.19. The van der Waals surface area contributed by atoms with Gasteiger partial charge in [0.1, 0.15) is 5.54 Å². The van der Waals surface area contributed by atoms with Crippen LogP contribution >= 0.6 is 0 Å². The second-order valence-electron chi connectivity index (χ2n) is 7.96. The third kappa shape index (κ3) is 3.36. The lowest BCUT2D eigenvalue weighted by Crippen LogP contribution is -2.40. The zero-order chi connectivity index (χ0) is 22.1. The van der Waals surface area contributed by atoms with Gasteiger partial charge in [-0.2, -0.15) is 5.10 Å². The van der Waals surface area contributed by atoms with Gasteiger partial charge >= 0.3 is 6.03 Å². The highest BCUT2D eigenvalue weighted by molar-refractivity contribution is 6.07. The van der Waals surface area contributed by atoms with E-state index in [2.05, 4.69) is 5.32 Å². The molecule has 1 saturated heterocycles. The van der Waals surface area contributed by atoms with Crippen molar-refractivity contribution in [3.05, 3.63) is 108 Å². The van der Waals surface area contributed by atoms with Crippen molar-refractivity contribution in [2.24, 2.45) is 0 Å². The van der Waals surface area contributed by atoms with Gasteiger partial charge in [-0.05, 0) is 24.6 Å². The van der Waals surface area contributed by atoms with Crippen LogP contribution in [0.3, 0.4) is 0 Å². The van der Waals surface area contributed by atoms with E-state index in [-0.39, 0.29) is 12.5 Å². The van der Waals surface area contributed by atoms with Gasteiger partial charge in [0.2, 0.25) is 0 Å². The minimum Gasteiger partial charge on any atom is -0.319 e. The van der Waals surface area contributed by atoms with Crippen LogP contribution in [0.4, 0.5) is 4.79 Å². The van der Waals surface area contributed by atoms with Crippen LogP contribution in [-0.2, 0) is 16.9 Å². The smallest absolute Gasteiger partial charge is 0.319 e. The van der Waals surface area contributed by atoms with Gasteiger partial charge in [-0.25, -0.2) is 9.48 Å². The summed E-state index contributed by atoms with van der Waals surface area (Å²) in [6.07, 6.45) is 1.89. The van der Waals surface area contributed by atoms with Gasteiger partial charge in [-0.3, -0.25) is 9.69 Å². The first-order valence-electron chi connectivity index (χ1n) is 10.5. The summed E-state index contributed by atoms with van der Waals surface area (Å²) in [5, 5.41) is 7.66. The number of imide groups is 1. The summed E-state index contributed by atoms with van der Waals surface area (Å²) in [6.45, 7) is 1.87. The third-order valence-electron chi connectivity index (χ3n) is 5.81. The number of hydrogen-bond acceptors (Lipinski definition) is 3. The van der Waals surface area contributed by atoms with E-state index >= 15 is 0 Å². The Morgan fingerprint density at radius 2 is 1.44 bits per heavy atom. The highest BCUT2D eigenvalue weighted by Crippen LogP contribution is 2.31. The van der Waals surface area contributed by atoms with Gasteiger partial charge in [0.15, 0.2) is 0 Å². The van der Waals surface area contributed by atoms with E-state index in [1.807, 2.05) is 97.2 Å². The molecule has 1 N–H and O–H groups in total. The van der Waals surface area contributed by atoms with Gasteiger partial charge in [0, 0.05) is 17.3 Å². The van der Waals surface area contributed by atoms with Crippen molar-refractivity contribution in [1.29, 1.82) is 0 Å². The molecule has 3 aromatic carbocycles. The molecule has 0 radical (unpaired) electrons. The largest absolute Gasteiger partial charge is 0.325 e. The van der Waals surface area contributed by atoms with Crippen molar-refractivity contribution in [1.82, 2.24) is 20.0 Å². The predicted molar refractivity (Wildman–Crippen MR) is 122 cm³/mol. The van der Waals surface area contributed by atoms with E-state index in [0.717, 1.165) is 28.1 Å². The summed E-state index contributed by atoms with van der Waals surface area (Å²) < 4.78 is 1.78. The van der Waals surface area contributed by atoms with Gasteiger partial charge in [0.05, 0.1) is 17.9 Å². The molecule has 1 aromatic heterocycles. The molecule has 0 spiro atoms. The lowest BCUT2D eigenvalue weighted by atomic mass is 9.92. The molecule has 6 heteroatoms. The number of benzene rings is 3. The fraction of sp³-hybridized carbons (Fsp3) is 0.115. The molecule has 1 aliphatic rings. The van der Waals surface area contributed by atoms with Crippen LogP contribution in [0, 0.1) is 0 Å². The average molecular weight is 422 g/mol. The molecule has 6 nitrogen and oxygen atoms in total. The second kappa shape index (κ2) is 7.81. The van der Waals surface area contributed by atoms with Crippen LogP contribution < -0.4 is 5.32 Å². The van der Waals surface area contributed by atoms with E-state index in [1.54, 1.807) is 11.6 Å². The number of carbonyl (C=O) groups is 2. The molecule has 1 aliphatic heterocycles. The summed E-state index contributed by atoms with van der Waals surface area (Å²) in [4.78, 5) is 27.5. The molecule has 3 amide bonds. The van der Waals surface area contributed by atoms with Crippen molar-refractivity contribution in [3.8, 4) is 16.9 Å². The summed E-state index contributed by atoms with van der Waals surface area (Å²) >= 11 is 0. The maximum Gasteiger partial charge on any atom is 0.325 e. The molecule has 0 bridgehead atoms. The third-order valence-corrected chi connectivity index (χ3v) is 5.81. The first-order chi connectivity index (χ1) is 15.6. The molecule has 5 rings (SSSR count). The fourth-order valence-corrected chi connectivity index (χ4v) is 4.06. The zero-order valence-electron chi connectivity index (χ0n) is 17.6. The SMILES string of the molecule is C[C@]1(c2ccccc2)NC(=O)N(Cc2cn(-c3ccccc3)nc2-c2ccccc2)C1=O. The summed E-state index contributed by atoms with van der Waals surface area (Å²) in [6, 6.07) is 28.5. The molecule has 158 valence electrons. The lowest BCUT2D eigenvalue weighted by Gasteiger charge is -2.22. The number of para-hydroxylation sites is 1.